The first kappa shape index (κ1) is 18.5. The van der Waals surface area contributed by atoms with Crippen molar-refractivity contribution in [2.75, 3.05) is 50.8 Å². The van der Waals surface area contributed by atoms with Gasteiger partial charge in [-0.25, -0.2) is 0 Å². The van der Waals surface area contributed by atoms with E-state index in [2.05, 4.69) is 20.1 Å². The van der Waals surface area contributed by atoms with Crippen molar-refractivity contribution in [2.24, 2.45) is 5.92 Å². The number of rotatable bonds is 5. The lowest BCUT2D eigenvalue weighted by Gasteiger charge is -2.44. The van der Waals surface area contributed by atoms with Crippen molar-refractivity contribution in [3.8, 4) is 11.6 Å². The lowest BCUT2D eigenvalue weighted by molar-refractivity contribution is 0.0620. The molecule has 4 saturated heterocycles. The van der Waals surface area contributed by atoms with Crippen molar-refractivity contribution >= 4 is 11.7 Å². The minimum atomic E-state index is 0.00442. The summed E-state index contributed by atoms with van der Waals surface area (Å²) in [6.07, 6.45) is 2.39. The molecule has 1 amide bonds. The highest BCUT2D eigenvalue weighted by Crippen LogP contribution is 2.28. The molecule has 5 heterocycles. The van der Waals surface area contributed by atoms with Crippen LogP contribution in [-0.2, 0) is 4.74 Å². The highest BCUT2D eigenvalue weighted by atomic mass is 16.5. The summed E-state index contributed by atoms with van der Waals surface area (Å²) < 4.78 is 11.3. The van der Waals surface area contributed by atoms with E-state index in [0.717, 1.165) is 38.7 Å². The van der Waals surface area contributed by atoms with Gasteiger partial charge in [0.15, 0.2) is 5.88 Å². The predicted molar refractivity (Wildman–Crippen MR) is 111 cm³/mol. The van der Waals surface area contributed by atoms with Crippen LogP contribution in [0.2, 0.25) is 0 Å². The topological polar surface area (TPSA) is 69.8 Å². The maximum atomic E-state index is 12.6. The molecule has 0 spiro atoms. The van der Waals surface area contributed by atoms with E-state index in [1.165, 1.54) is 25.9 Å². The van der Waals surface area contributed by atoms with Crippen LogP contribution in [0.1, 0.15) is 23.2 Å². The average Bonchev–Trinajstić information content (AvgIpc) is 3.24. The SMILES string of the molecule is O=C(N[C@H]1CN2CCC1CC2)c1ccc(Oc2ccc(N3CCOCC3)[nH]2)cc1. The summed E-state index contributed by atoms with van der Waals surface area (Å²) in [7, 11) is 0. The number of carbonyl (C=O) groups is 1. The Morgan fingerprint density at radius 1 is 1.03 bits per heavy atom. The lowest BCUT2D eigenvalue weighted by Crippen LogP contribution is -2.57. The quantitative estimate of drug-likeness (QED) is 0.813. The second-order valence-electron chi connectivity index (χ2n) is 8.15. The van der Waals surface area contributed by atoms with Gasteiger partial charge in [0.05, 0.1) is 13.2 Å². The van der Waals surface area contributed by atoms with Crippen molar-refractivity contribution in [3.05, 3.63) is 42.0 Å². The molecular weight excluding hydrogens is 368 g/mol. The predicted octanol–water partition coefficient (Wildman–Crippen LogP) is 2.47. The van der Waals surface area contributed by atoms with Crippen molar-refractivity contribution in [2.45, 2.75) is 18.9 Å². The molecule has 2 bridgehead atoms. The van der Waals surface area contributed by atoms with Crippen LogP contribution in [-0.4, -0.2) is 67.8 Å². The summed E-state index contributed by atoms with van der Waals surface area (Å²) >= 11 is 0. The summed E-state index contributed by atoms with van der Waals surface area (Å²) in [5.41, 5.74) is 0.675. The van der Waals surface area contributed by atoms with E-state index in [4.69, 9.17) is 9.47 Å². The van der Waals surface area contributed by atoms with Crippen molar-refractivity contribution in [1.82, 2.24) is 15.2 Å². The second kappa shape index (κ2) is 8.08. The molecule has 7 nitrogen and oxygen atoms in total. The Labute approximate surface area is 171 Å². The zero-order chi connectivity index (χ0) is 19.6. The van der Waals surface area contributed by atoms with Crippen LogP contribution in [0.15, 0.2) is 36.4 Å². The Morgan fingerprint density at radius 3 is 2.48 bits per heavy atom. The molecule has 0 aliphatic carbocycles. The number of anilines is 1. The molecule has 1 atom stereocenters. The third kappa shape index (κ3) is 4.11. The van der Waals surface area contributed by atoms with Crippen LogP contribution in [0, 0.1) is 5.92 Å². The van der Waals surface area contributed by atoms with Crippen molar-refractivity contribution in [3.63, 3.8) is 0 Å². The van der Waals surface area contributed by atoms with Gasteiger partial charge in [-0.05, 0) is 62.2 Å². The van der Waals surface area contributed by atoms with Crippen molar-refractivity contribution < 1.29 is 14.3 Å². The fourth-order valence-electron chi connectivity index (χ4n) is 4.59. The first-order valence-corrected chi connectivity index (χ1v) is 10.6. The van der Waals surface area contributed by atoms with Gasteiger partial charge in [0.1, 0.15) is 11.6 Å². The summed E-state index contributed by atoms with van der Waals surface area (Å²) in [5, 5.41) is 3.23. The van der Waals surface area contributed by atoms with E-state index in [0.29, 0.717) is 23.1 Å². The summed E-state index contributed by atoms with van der Waals surface area (Å²) in [4.78, 5) is 20.6. The average molecular weight is 396 g/mol. The van der Waals surface area contributed by atoms with Gasteiger partial charge in [0.2, 0.25) is 0 Å². The number of aromatic nitrogens is 1. The molecule has 1 aromatic heterocycles. The molecular formula is C22H28N4O3. The zero-order valence-electron chi connectivity index (χ0n) is 16.6. The third-order valence-electron chi connectivity index (χ3n) is 6.31. The van der Waals surface area contributed by atoms with E-state index in [-0.39, 0.29) is 11.9 Å². The highest BCUT2D eigenvalue weighted by molar-refractivity contribution is 5.94. The molecule has 29 heavy (non-hydrogen) atoms. The van der Waals surface area contributed by atoms with Crippen LogP contribution in [0.25, 0.3) is 0 Å². The number of carbonyl (C=O) groups excluding carboxylic acids is 1. The van der Waals surface area contributed by atoms with Crippen LogP contribution in [0.5, 0.6) is 11.6 Å². The Morgan fingerprint density at radius 2 is 1.79 bits per heavy atom. The van der Waals surface area contributed by atoms with Crippen LogP contribution in [0.3, 0.4) is 0 Å². The number of piperidine rings is 3. The molecule has 4 aliphatic rings. The Kier molecular flexibility index (Phi) is 5.16. The molecule has 0 saturated carbocycles. The number of amides is 1. The van der Waals surface area contributed by atoms with Gasteiger partial charge in [-0.3, -0.25) is 4.79 Å². The molecule has 4 fully saturated rings. The van der Waals surface area contributed by atoms with Gasteiger partial charge in [0.25, 0.3) is 5.91 Å². The van der Waals surface area contributed by atoms with E-state index in [1.807, 2.05) is 36.4 Å². The molecule has 2 aromatic rings. The number of aromatic amines is 1. The molecule has 4 aliphatic heterocycles. The van der Waals surface area contributed by atoms with Gasteiger partial charge in [-0.2, -0.15) is 0 Å². The van der Waals surface area contributed by atoms with Gasteiger partial charge in [0, 0.05) is 37.3 Å². The van der Waals surface area contributed by atoms with E-state index < -0.39 is 0 Å². The van der Waals surface area contributed by atoms with Crippen LogP contribution >= 0.6 is 0 Å². The number of fused-ring (bicyclic) bond motifs is 3. The highest BCUT2D eigenvalue weighted by Gasteiger charge is 2.34. The number of nitrogens with one attached hydrogen (secondary N) is 2. The third-order valence-corrected chi connectivity index (χ3v) is 6.31. The lowest BCUT2D eigenvalue weighted by atomic mass is 9.84. The van der Waals surface area contributed by atoms with Crippen LogP contribution < -0.4 is 15.0 Å². The fourth-order valence-corrected chi connectivity index (χ4v) is 4.59. The number of benzene rings is 1. The van der Waals surface area contributed by atoms with Gasteiger partial charge in [-0.15, -0.1) is 0 Å². The summed E-state index contributed by atoms with van der Waals surface area (Å²) in [6, 6.07) is 11.6. The number of ether oxygens (including phenoxy) is 2. The number of hydrogen-bond donors (Lipinski definition) is 2. The largest absolute Gasteiger partial charge is 0.441 e. The molecule has 154 valence electrons. The van der Waals surface area contributed by atoms with E-state index >= 15 is 0 Å². The van der Waals surface area contributed by atoms with E-state index in [1.54, 1.807) is 0 Å². The Hall–Kier alpha value is -2.51. The standard InChI is InChI=1S/C22H28N4O3/c27-22(23-19-15-25-9-7-16(19)8-10-25)17-1-3-18(4-2-17)29-21-6-5-20(24-21)26-11-13-28-14-12-26/h1-6,16,19,24H,7-15H2,(H,23,27)/t19-/m0/s1. The molecule has 7 heteroatoms. The van der Waals surface area contributed by atoms with Gasteiger partial charge in [-0.1, -0.05) is 0 Å². The zero-order valence-corrected chi connectivity index (χ0v) is 16.6. The summed E-state index contributed by atoms with van der Waals surface area (Å²) in [5.74, 6) is 3.07. The first-order chi connectivity index (χ1) is 14.2. The van der Waals surface area contributed by atoms with Crippen LogP contribution in [0.4, 0.5) is 5.82 Å². The minimum Gasteiger partial charge on any atom is -0.441 e. The first-order valence-electron chi connectivity index (χ1n) is 10.6. The normalized spacial score (nSPS) is 26.3. The van der Waals surface area contributed by atoms with Gasteiger partial charge < -0.3 is 29.6 Å². The number of hydrogen-bond acceptors (Lipinski definition) is 5. The Bertz CT molecular complexity index is 836. The molecule has 0 unspecified atom stereocenters. The molecule has 6 rings (SSSR count). The number of nitrogens with zero attached hydrogens (tertiary/aromatic N) is 2. The minimum absolute atomic E-state index is 0.00442. The fraction of sp³-hybridized carbons (Fsp3) is 0.500. The maximum Gasteiger partial charge on any atom is 0.251 e. The number of morpholine rings is 1. The molecule has 1 aromatic carbocycles. The number of H-pyrrole nitrogens is 1. The molecule has 2 N–H and O–H groups in total. The van der Waals surface area contributed by atoms with Gasteiger partial charge >= 0.3 is 0 Å². The second-order valence-corrected chi connectivity index (χ2v) is 8.15. The monoisotopic (exact) mass is 396 g/mol. The van der Waals surface area contributed by atoms with Crippen molar-refractivity contribution in [1.29, 1.82) is 0 Å². The smallest absolute Gasteiger partial charge is 0.251 e. The maximum absolute atomic E-state index is 12.6. The van der Waals surface area contributed by atoms with E-state index in [9.17, 15) is 4.79 Å². The summed E-state index contributed by atoms with van der Waals surface area (Å²) in [6.45, 7) is 6.59. The Balaban J connectivity index is 1.18. The molecule has 0 radical (unpaired) electrons.